The van der Waals surface area contributed by atoms with Crippen LogP contribution < -0.4 is 10.6 Å². The third-order valence-electron chi connectivity index (χ3n) is 2.68. The number of carbonyl (C=O) groups is 1. The van der Waals surface area contributed by atoms with Crippen molar-refractivity contribution in [3.8, 4) is 0 Å². The van der Waals surface area contributed by atoms with E-state index in [1.54, 1.807) is 7.05 Å². The first-order valence-electron chi connectivity index (χ1n) is 5.70. The van der Waals surface area contributed by atoms with E-state index < -0.39 is 11.7 Å². The molecule has 4 nitrogen and oxygen atoms in total. The molecule has 0 aliphatic heterocycles. The molecule has 1 aromatic heterocycles. The summed E-state index contributed by atoms with van der Waals surface area (Å²) in [6.07, 6.45) is 2.38. The maximum atomic E-state index is 13.7. The summed E-state index contributed by atoms with van der Waals surface area (Å²) >= 11 is 0. The summed E-state index contributed by atoms with van der Waals surface area (Å²) in [6, 6.07) is 1.38. The van der Waals surface area contributed by atoms with Gasteiger partial charge in [0.1, 0.15) is 0 Å². The number of carbonyl (C=O) groups excluding carboxylic acids is 1. The van der Waals surface area contributed by atoms with Gasteiger partial charge < -0.3 is 10.6 Å². The third kappa shape index (κ3) is 3.41. The smallest absolute Gasteiger partial charge is 0.254 e. The molecule has 0 fully saturated rings. The normalized spacial score (nSPS) is 12.0. The third-order valence-corrected chi connectivity index (χ3v) is 2.68. The molecule has 0 bridgehead atoms. The Labute approximate surface area is 101 Å². The molecule has 1 rings (SSSR count). The molecule has 0 aliphatic carbocycles. The number of amides is 1. The van der Waals surface area contributed by atoms with Gasteiger partial charge in [-0.3, -0.25) is 4.79 Å². The molecule has 1 amide bonds. The maximum absolute atomic E-state index is 13.7. The summed E-state index contributed by atoms with van der Waals surface area (Å²) in [6.45, 7) is 4.62. The lowest BCUT2D eigenvalue weighted by atomic mass is 10.1. The van der Waals surface area contributed by atoms with Crippen LogP contribution in [0, 0.1) is 11.7 Å². The van der Waals surface area contributed by atoms with Gasteiger partial charge in [-0.2, -0.15) is 0 Å². The topological polar surface area (TPSA) is 54.0 Å². The summed E-state index contributed by atoms with van der Waals surface area (Å²) in [5, 5.41) is 5.31. The first-order valence-corrected chi connectivity index (χ1v) is 5.70. The highest BCUT2D eigenvalue weighted by Crippen LogP contribution is 2.14. The summed E-state index contributed by atoms with van der Waals surface area (Å²) in [7, 11) is 1.56. The number of anilines is 1. The molecule has 0 radical (unpaired) electrons. The molecule has 0 aliphatic rings. The fourth-order valence-electron chi connectivity index (χ4n) is 1.30. The first kappa shape index (κ1) is 13.4. The Balaban J connectivity index is 2.75. The molecule has 1 heterocycles. The van der Waals surface area contributed by atoms with Gasteiger partial charge in [0, 0.05) is 19.8 Å². The van der Waals surface area contributed by atoms with Gasteiger partial charge in [-0.05, 0) is 12.0 Å². The minimum Gasteiger partial charge on any atom is -0.371 e. The van der Waals surface area contributed by atoms with Gasteiger partial charge in [0.05, 0.1) is 5.56 Å². The Morgan fingerprint density at radius 1 is 1.59 bits per heavy atom. The monoisotopic (exact) mass is 239 g/mol. The number of pyridine rings is 1. The molecular formula is C12H18FN3O. The Morgan fingerprint density at radius 3 is 2.88 bits per heavy atom. The van der Waals surface area contributed by atoms with Crippen LogP contribution in [0.2, 0.25) is 0 Å². The molecule has 0 aromatic carbocycles. The average molecular weight is 239 g/mol. The van der Waals surface area contributed by atoms with Crippen molar-refractivity contribution in [2.75, 3.05) is 18.9 Å². The van der Waals surface area contributed by atoms with Crippen molar-refractivity contribution >= 4 is 11.7 Å². The van der Waals surface area contributed by atoms with Crippen LogP contribution in [0.25, 0.3) is 0 Å². The highest BCUT2D eigenvalue weighted by molar-refractivity contribution is 5.95. The van der Waals surface area contributed by atoms with E-state index in [4.69, 9.17) is 0 Å². The Hall–Kier alpha value is -1.65. The number of hydrogen-bond donors (Lipinski definition) is 2. The zero-order valence-corrected chi connectivity index (χ0v) is 10.4. The molecule has 2 N–H and O–H groups in total. The van der Waals surface area contributed by atoms with Crippen molar-refractivity contribution < 1.29 is 9.18 Å². The largest absolute Gasteiger partial charge is 0.371 e. The second-order valence-corrected chi connectivity index (χ2v) is 3.99. The summed E-state index contributed by atoms with van der Waals surface area (Å²) in [5.41, 5.74) is 0.0210. The maximum Gasteiger partial charge on any atom is 0.254 e. The molecule has 1 aromatic rings. The van der Waals surface area contributed by atoms with Crippen LogP contribution in [-0.2, 0) is 0 Å². The molecule has 17 heavy (non-hydrogen) atoms. The van der Waals surface area contributed by atoms with Gasteiger partial charge in [0.15, 0.2) is 11.6 Å². The highest BCUT2D eigenvalue weighted by atomic mass is 19.1. The molecule has 0 saturated heterocycles. The molecule has 5 heteroatoms. The number of nitrogens with zero attached hydrogens (tertiary/aromatic N) is 1. The van der Waals surface area contributed by atoms with Gasteiger partial charge in [-0.1, -0.05) is 20.3 Å². The van der Waals surface area contributed by atoms with Crippen LogP contribution in [0.5, 0.6) is 0 Å². The van der Waals surface area contributed by atoms with E-state index in [9.17, 15) is 9.18 Å². The van der Waals surface area contributed by atoms with E-state index in [2.05, 4.69) is 15.6 Å². The Bertz CT molecular complexity index is 395. The van der Waals surface area contributed by atoms with Crippen molar-refractivity contribution in [1.82, 2.24) is 10.3 Å². The van der Waals surface area contributed by atoms with Crippen LogP contribution in [0.15, 0.2) is 12.3 Å². The Kier molecular flexibility index (Phi) is 4.87. The van der Waals surface area contributed by atoms with Crippen molar-refractivity contribution in [3.05, 3.63) is 23.6 Å². The minimum absolute atomic E-state index is 0.0210. The van der Waals surface area contributed by atoms with E-state index in [1.807, 2.05) is 13.8 Å². The summed E-state index contributed by atoms with van der Waals surface area (Å²) in [5.74, 6) is -0.549. The van der Waals surface area contributed by atoms with E-state index in [0.717, 1.165) is 6.42 Å². The molecule has 0 saturated carbocycles. The van der Waals surface area contributed by atoms with Crippen LogP contribution in [0.4, 0.5) is 10.2 Å². The SMILES string of the molecule is CCC(C)CNC(=O)c1ccnc(NC)c1F. The van der Waals surface area contributed by atoms with E-state index >= 15 is 0 Å². The number of aromatic nitrogens is 1. The average Bonchev–Trinajstić information content (AvgIpc) is 2.35. The van der Waals surface area contributed by atoms with E-state index in [1.165, 1.54) is 12.3 Å². The second kappa shape index (κ2) is 6.18. The van der Waals surface area contributed by atoms with Crippen LogP contribution in [0.1, 0.15) is 30.6 Å². The predicted octanol–water partition coefficient (Wildman–Crippen LogP) is 2.04. The van der Waals surface area contributed by atoms with Crippen LogP contribution in [0.3, 0.4) is 0 Å². The molecule has 0 spiro atoms. The van der Waals surface area contributed by atoms with Gasteiger partial charge in [0.2, 0.25) is 0 Å². The van der Waals surface area contributed by atoms with E-state index in [0.29, 0.717) is 12.5 Å². The van der Waals surface area contributed by atoms with Crippen LogP contribution in [-0.4, -0.2) is 24.5 Å². The standard InChI is InChI=1S/C12H18FN3O/c1-4-8(2)7-16-12(17)9-5-6-15-11(14-3)10(9)13/h5-6,8H,4,7H2,1-3H3,(H,14,15)(H,16,17). The van der Waals surface area contributed by atoms with Crippen molar-refractivity contribution in [1.29, 1.82) is 0 Å². The fourth-order valence-corrected chi connectivity index (χ4v) is 1.30. The van der Waals surface area contributed by atoms with Crippen molar-refractivity contribution in [2.45, 2.75) is 20.3 Å². The molecule has 1 unspecified atom stereocenters. The number of halogens is 1. The van der Waals surface area contributed by atoms with Gasteiger partial charge in [0.25, 0.3) is 5.91 Å². The lowest BCUT2D eigenvalue weighted by molar-refractivity contribution is 0.0943. The number of nitrogens with one attached hydrogen (secondary N) is 2. The quantitative estimate of drug-likeness (QED) is 0.826. The minimum atomic E-state index is -0.614. The first-order chi connectivity index (χ1) is 8.10. The van der Waals surface area contributed by atoms with Gasteiger partial charge in [-0.15, -0.1) is 0 Å². The van der Waals surface area contributed by atoms with Gasteiger partial charge in [-0.25, -0.2) is 9.37 Å². The van der Waals surface area contributed by atoms with Crippen molar-refractivity contribution in [2.24, 2.45) is 5.92 Å². The Morgan fingerprint density at radius 2 is 2.29 bits per heavy atom. The fraction of sp³-hybridized carbons (Fsp3) is 0.500. The highest BCUT2D eigenvalue weighted by Gasteiger charge is 2.15. The van der Waals surface area contributed by atoms with E-state index in [-0.39, 0.29) is 11.4 Å². The van der Waals surface area contributed by atoms with Gasteiger partial charge >= 0.3 is 0 Å². The second-order valence-electron chi connectivity index (χ2n) is 3.99. The predicted molar refractivity (Wildman–Crippen MR) is 65.5 cm³/mol. The zero-order chi connectivity index (χ0) is 12.8. The number of hydrogen-bond acceptors (Lipinski definition) is 3. The summed E-state index contributed by atoms with van der Waals surface area (Å²) < 4.78 is 13.7. The molecule has 1 atom stereocenters. The lowest BCUT2D eigenvalue weighted by Crippen LogP contribution is -2.29. The van der Waals surface area contributed by atoms with Crippen LogP contribution >= 0.6 is 0 Å². The summed E-state index contributed by atoms with van der Waals surface area (Å²) in [4.78, 5) is 15.5. The lowest BCUT2D eigenvalue weighted by Gasteiger charge is -2.11. The molecule has 94 valence electrons. The van der Waals surface area contributed by atoms with Crippen molar-refractivity contribution in [3.63, 3.8) is 0 Å². The zero-order valence-electron chi connectivity index (χ0n) is 10.4. The number of rotatable bonds is 5. The molecular weight excluding hydrogens is 221 g/mol.